The van der Waals surface area contributed by atoms with Gasteiger partial charge in [-0.05, 0) is 41.8 Å². The van der Waals surface area contributed by atoms with Crippen LogP contribution in [-0.2, 0) is 4.79 Å². The third-order valence-corrected chi connectivity index (χ3v) is 4.52. The molecule has 4 nitrogen and oxygen atoms in total. The molecule has 23 heavy (non-hydrogen) atoms. The van der Waals surface area contributed by atoms with Gasteiger partial charge in [-0.3, -0.25) is 4.79 Å². The number of fused-ring (bicyclic) bond motifs is 3. The molecule has 1 fully saturated rings. The van der Waals surface area contributed by atoms with Crippen molar-refractivity contribution in [2.45, 2.75) is 12.5 Å². The summed E-state index contributed by atoms with van der Waals surface area (Å²) in [5.41, 5.74) is 3.82. The molecule has 2 aromatic carbocycles. The standard InChI is InChI=1S/C18H18FN3O/c19-14-4-1-12(2-5-14)13-3-6-16-17(9-13)22-15(7-8-21-16)10-20-11-18(22)23/h1-6,9,15,20-21H,7-8,10-11H2. The van der Waals surface area contributed by atoms with Crippen LogP contribution >= 0.6 is 0 Å². The first-order chi connectivity index (χ1) is 11.2. The molecule has 0 saturated carbocycles. The van der Waals surface area contributed by atoms with Gasteiger partial charge in [-0.15, -0.1) is 0 Å². The van der Waals surface area contributed by atoms with E-state index in [-0.39, 0.29) is 17.8 Å². The third kappa shape index (κ3) is 2.57. The molecule has 1 amide bonds. The molecule has 2 N–H and O–H groups in total. The molecule has 118 valence electrons. The number of benzene rings is 2. The molecule has 2 heterocycles. The van der Waals surface area contributed by atoms with Crippen LogP contribution in [0.1, 0.15) is 6.42 Å². The number of piperazine rings is 1. The van der Waals surface area contributed by atoms with Crippen LogP contribution in [0.25, 0.3) is 11.1 Å². The van der Waals surface area contributed by atoms with Gasteiger partial charge in [0.2, 0.25) is 5.91 Å². The maximum absolute atomic E-state index is 13.1. The molecule has 4 rings (SSSR count). The van der Waals surface area contributed by atoms with Gasteiger partial charge in [-0.2, -0.15) is 0 Å². The smallest absolute Gasteiger partial charge is 0.241 e. The topological polar surface area (TPSA) is 44.4 Å². The van der Waals surface area contributed by atoms with Crippen LogP contribution in [0.5, 0.6) is 0 Å². The van der Waals surface area contributed by atoms with Crippen LogP contribution in [0.4, 0.5) is 15.8 Å². The maximum atomic E-state index is 13.1. The van der Waals surface area contributed by atoms with Gasteiger partial charge in [0.05, 0.1) is 24.0 Å². The lowest BCUT2D eigenvalue weighted by Crippen LogP contribution is -2.55. The van der Waals surface area contributed by atoms with Gasteiger partial charge in [0.25, 0.3) is 0 Å². The van der Waals surface area contributed by atoms with Crippen LogP contribution in [0.15, 0.2) is 42.5 Å². The van der Waals surface area contributed by atoms with Crippen LogP contribution in [0.3, 0.4) is 0 Å². The molecule has 1 saturated heterocycles. The molecule has 1 atom stereocenters. The molecule has 2 aromatic rings. The Bertz CT molecular complexity index is 744. The predicted octanol–water partition coefficient (Wildman–Crippen LogP) is 2.61. The van der Waals surface area contributed by atoms with Gasteiger partial charge in [0, 0.05) is 13.1 Å². The van der Waals surface area contributed by atoms with E-state index in [1.807, 2.05) is 23.1 Å². The van der Waals surface area contributed by atoms with Crippen molar-refractivity contribution in [3.8, 4) is 11.1 Å². The summed E-state index contributed by atoms with van der Waals surface area (Å²) in [7, 11) is 0. The number of amides is 1. The molecule has 5 heteroatoms. The number of hydrogen-bond acceptors (Lipinski definition) is 3. The summed E-state index contributed by atoms with van der Waals surface area (Å²) in [6.07, 6.45) is 0.916. The van der Waals surface area contributed by atoms with Crippen molar-refractivity contribution in [3.05, 3.63) is 48.3 Å². The van der Waals surface area contributed by atoms with Gasteiger partial charge < -0.3 is 15.5 Å². The van der Waals surface area contributed by atoms with E-state index in [1.165, 1.54) is 12.1 Å². The lowest BCUT2D eigenvalue weighted by molar-refractivity contribution is -0.119. The quantitative estimate of drug-likeness (QED) is 0.851. The van der Waals surface area contributed by atoms with E-state index in [2.05, 4.69) is 10.6 Å². The van der Waals surface area contributed by atoms with Crippen molar-refractivity contribution < 1.29 is 9.18 Å². The Morgan fingerprint density at radius 1 is 1.09 bits per heavy atom. The van der Waals surface area contributed by atoms with Crippen molar-refractivity contribution in [1.82, 2.24) is 5.32 Å². The number of hydrogen-bond donors (Lipinski definition) is 2. The average molecular weight is 311 g/mol. The Balaban J connectivity index is 1.79. The summed E-state index contributed by atoms with van der Waals surface area (Å²) >= 11 is 0. The molecule has 0 radical (unpaired) electrons. The van der Waals surface area contributed by atoms with E-state index >= 15 is 0 Å². The van der Waals surface area contributed by atoms with Crippen LogP contribution < -0.4 is 15.5 Å². The highest BCUT2D eigenvalue weighted by atomic mass is 19.1. The average Bonchev–Trinajstić information content (AvgIpc) is 2.75. The van der Waals surface area contributed by atoms with Gasteiger partial charge in [-0.25, -0.2) is 4.39 Å². The van der Waals surface area contributed by atoms with Crippen molar-refractivity contribution in [1.29, 1.82) is 0 Å². The number of nitrogens with one attached hydrogen (secondary N) is 2. The van der Waals surface area contributed by atoms with Crippen LogP contribution in [0, 0.1) is 5.82 Å². The number of halogens is 1. The van der Waals surface area contributed by atoms with Gasteiger partial charge in [-0.1, -0.05) is 18.2 Å². The molecule has 0 spiro atoms. The molecule has 1 unspecified atom stereocenters. The minimum atomic E-state index is -0.248. The number of carbonyl (C=O) groups excluding carboxylic acids is 1. The summed E-state index contributed by atoms with van der Waals surface area (Å²) in [5.74, 6) is -0.148. The molecular formula is C18H18FN3O. The van der Waals surface area contributed by atoms with Crippen molar-refractivity contribution in [2.75, 3.05) is 29.9 Å². The third-order valence-electron chi connectivity index (χ3n) is 4.52. The summed E-state index contributed by atoms with van der Waals surface area (Å²) < 4.78 is 13.1. The lowest BCUT2D eigenvalue weighted by Gasteiger charge is -2.35. The number of nitrogens with zero attached hydrogens (tertiary/aromatic N) is 1. The molecular weight excluding hydrogens is 293 g/mol. The zero-order valence-electron chi connectivity index (χ0n) is 12.7. The Kier molecular flexibility index (Phi) is 3.50. The molecule has 0 bridgehead atoms. The fourth-order valence-electron chi connectivity index (χ4n) is 3.36. The van der Waals surface area contributed by atoms with E-state index in [4.69, 9.17) is 0 Å². The predicted molar refractivity (Wildman–Crippen MR) is 89.1 cm³/mol. The highest BCUT2D eigenvalue weighted by Crippen LogP contribution is 2.35. The Morgan fingerprint density at radius 3 is 2.70 bits per heavy atom. The van der Waals surface area contributed by atoms with Crippen LogP contribution in [-0.4, -0.2) is 31.6 Å². The number of anilines is 2. The fourth-order valence-corrected chi connectivity index (χ4v) is 3.36. The second kappa shape index (κ2) is 5.66. The monoisotopic (exact) mass is 311 g/mol. The highest BCUT2D eigenvalue weighted by Gasteiger charge is 2.32. The minimum absolute atomic E-state index is 0.0995. The summed E-state index contributed by atoms with van der Waals surface area (Å²) in [5, 5.41) is 6.59. The maximum Gasteiger partial charge on any atom is 0.241 e. The van der Waals surface area contributed by atoms with Crippen molar-refractivity contribution in [3.63, 3.8) is 0 Å². The van der Waals surface area contributed by atoms with Crippen molar-refractivity contribution >= 4 is 17.3 Å². The molecule has 0 aliphatic carbocycles. The second-order valence-corrected chi connectivity index (χ2v) is 6.00. The Labute approximate surface area is 134 Å². The minimum Gasteiger partial charge on any atom is -0.383 e. The van der Waals surface area contributed by atoms with E-state index in [9.17, 15) is 9.18 Å². The van der Waals surface area contributed by atoms with E-state index < -0.39 is 0 Å². The van der Waals surface area contributed by atoms with E-state index in [1.54, 1.807) is 12.1 Å². The Morgan fingerprint density at radius 2 is 1.87 bits per heavy atom. The number of rotatable bonds is 1. The number of carbonyl (C=O) groups is 1. The summed E-state index contributed by atoms with van der Waals surface area (Å²) in [6.45, 7) is 2.03. The van der Waals surface area contributed by atoms with Gasteiger partial charge >= 0.3 is 0 Å². The SMILES string of the molecule is O=C1CNCC2CCNc3ccc(-c4ccc(F)cc4)cc3N12. The Hall–Kier alpha value is -2.40. The van der Waals surface area contributed by atoms with E-state index in [0.29, 0.717) is 6.54 Å². The molecule has 2 aliphatic rings. The summed E-state index contributed by atoms with van der Waals surface area (Å²) in [4.78, 5) is 14.3. The zero-order chi connectivity index (χ0) is 15.8. The van der Waals surface area contributed by atoms with Crippen molar-refractivity contribution in [2.24, 2.45) is 0 Å². The fraction of sp³-hybridized carbons (Fsp3) is 0.278. The summed E-state index contributed by atoms with van der Waals surface area (Å²) in [6, 6.07) is 12.6. The van der Waals surface area contributed by atoms with Gasteiger partial charge in [0.1, 0.15) is 5.82 Å². The second-order valence-electron chi connectivity index (χ2n) is 6.00. The molecule has 0 aromatic heterocycles. The highest BCUT2D eigenvalue weighted by molar-refractivity contribution is 6.00. The normalized spacial score (nSPS) is 20.3. The van der Waals surface area contributed by atoms with Crippen LogP contribution in [0.2, 0.25) is 0 Å². The largest absolute Gasteiger partial charge is 0.383 e. The first-order valence-corrected chi connectivity index (χ1v) is 7.89. The van der Waals surface area contributed by atoms with E-state index in [0.717, 1.165) is 42.0 Å². The first kappa shape index (κ1) is 14.2. The van der Waals surface area contributed by atoms with Gasteiger partial charge in [0.15, 0.2) is 0 Å². The zero-order valence-corrected chi connectivity index (χ0v) is 12.7. The first-order valence-electron chi connectivity index (χ1n) is 7.89. The molecule has 2 aliphatic heterocycles. The lowest BCUT2D eigenvalue weighted by atomic mass is 10.0.